The van der Waals surface area contributed by atoms with E-state index in [-0.39, 0.29) is 6.61 Å². The molecule has 0 bridgehead atoms. The summed E-state index contributed by atoms with van der Waals surface area (Å²) < 4.78 is 0. The summed E-state index contributed by atoms with van der Waals surface area (Å²) in [5.41, 5.74) is 1.17. The zero-order valence-electron chi connectivity index (χ0n) is 9.90. The van der Waals surface area contributed by atoms with Crippen molar-refractivity contribution in [3.05, 3.63) is 29.8 Å². The molecule has 1 aromatic carbocycles. The van der Waals surface area contributed by atoms with Gasteiger partial charge in [0.25, 0.3) is 0 Å². The van der Waals surface area contributed by atoms with Crippen LogP contribution in [0.15, 0.2) is 24.3 Å². The van der Waals surface area contributed by atoms with Crippen molar-refractivity contribution in [2.45, 2.75) is 33.6 Å². The number of aliphatic hydroxyl groups is 1. The first-order valence-corrected chi connectivity index (χ1v) is 5.65. The van der Waals surface area contributed by atoms with Gasteiger partial charge < -0.3 is 10.2 Å². The van der Waals surface area contributed by atoms with Crippen LogP contribution in [0.3, 0.4) is 0 Å². The van der Waals surface area contributed by atoms with Crippen molar-refractivity contribution < 1.29 is 10.2 Å². The van der Waals surface area contributed by atoms with E-state index in [9.17, 15) is 0 Å². The third-order valence-corrected chi connectivity index (χ3v) is 2.30. The number of phenolic OH excluding ortho intramolecular Hbond substituents is 1. The van der Waals surface area contributed by atoms with Crippen LogP contribution in [0.4, 0.5) is 0 Å². The average Bonchev–Trinajstić information content (AvgIpc) is 2.31. The number of hydrogen-bond donors (Lipinski definition) is 2. The van der Waals surface area contributed by atoms with Gasteiger partial charge in [-0.05, 0) is 30.0 Å². The zero-order valence-corrected chi connectivity index (χ0v) is 9.90. The van der Waals surface area contributed by atoms with Gasteiger partial charge in [0.1, 0.15) is 5.75 Å². The molecule has 0 aliphatic heterocycles. The highest BCUT2D eigenvalue weighted by Crippen LogP contribution is 2.14. The predicted octanol–water partition coefficient (Wildman–Crippen LogP) is 2.98. The largest absolute Gasteiger partial charge is 0.508 e. The van der Waals surface area contributed by atoms with E-state index in [1.807, 2.05) is 26.0 Å². The van der Waals surface area contributed by atoms with Crippen LogP contribution < -0.4 is 0 Å². The highest BCUT2D eigenvalue weighted by molar-refractivity contribution is 5.26. The van der Waals surface area contributed by atoms with Crippen LogP contribution in [-0.4, -0.2) is 16.8 Å². The van der Waals surface area contributed by atoms with Gasteiger partial charge in [-0.2, -0.15) is 0 Å². The van der Waals surface area contributed by atoms with E-state index < -0.39 is 0 Å². The molecule has 0 saturated carbocycles. The fraction of sp³-hybridized carbons (Fsp3) is 0.538. The average molecular weight is 210 g/mol. The Morgan fingerprint density at radius 1 is 1.13 bits per heavy atom. The van der Waals surface area contributed by atoms with Crippen LogP contribution in [0.5, 0.6) is 5.75 Å². The predicted molar refractivity (Wildman–Crippen MR) is 64.0 cm³/mol. The van der Waals surface area contributed by atoms with Gasteiger partial charge in [-0.15, -0.1) is 0 Å². The van der Waals surface area contributed by atoms with Crippen molar-refractivity contribution in [2.24, 2.45) is 5.92 Å². The Hall–Kier alpha value is -1.02. The monoisotopic (exact) mass is 210 g/mol. The van der Waals surface area contributed by atoms with Gasteiger partial charge in [0.2, 0.25) is 0 Å². The van der Waals surface area contributed by atoms with Gasteiger partial charge in [-0.1, -0.05) is 39.3 Å². The minimum Gasteiger partial charge on any atom is -0.508 e. The Kier molecular flexibility index (Phi) is 7.74. The Morgan fingerprint density at radius 3 is 2.07 bits per heavy atom. The van der Waals surface area contributed by atoms with Crippen molar-refractivity contribution in [2.75, 3.05) is 6.61 Å². The van der Waals surface area contributed by atoms with Gasteiger partial charge in [0.05, 0.1) is 0 Å². The number of aromatic hydroxyl groups is 1. The SMILES string of the molecule is CC.CCC(CO)Cc1ccc(O)cc1. The zero-order chi connectivity index (χ0) is 11.7. The van der Waals surface area contributed by atoms with Crippen LogP contribution >= 0.6 is 0 Å². The Labute approximate surface area is 92.6 Å². The summed E-state index contributed by atoms with van der Waals surface area (Å²) in [6.45, 7) is 6.30. The molecule has 2 nitrogen and oxygen atoms in total. The van der Waals surface area contributed by atoms with Crippen molar-refractivity contribution in [1.82, 2.24) is 0 Å². The fourth-order valence-electron chi connectivity index (χ4n) is 1.30. The second-order valence-electron chi connectivity index (χ2n) is 3.33. The Balaban J connectivity index is 0.000000921. The van der Waals surface area contributed by atoms with Gasteiger partial charge in [0, 0.05) is 6.61 Å². The highest BCUT2D eigenvalue weighted by atomic mass is 16.3. The van der Waals surface area contributed by atoms with Crippen molar-refractivity contribution in [3.8, 4) is 5.75 Å². The molecule has 0 aliphatic rings. The summed E-state index contributed by atoms with van der Waals surface area (Å²) in [7, 11) is 0. The molecule has 15 heavy (non-hydrogen) atoms. The molecule has 1 atom stereocenters. The van der Waals surface area contributed by atoms with Gasteiger partial charge in [-0.3, -0.25) is 0 Å². The molecule has 86 valence electrons. The van der Waals surface area contributed by atoms with Crippen molar-refractivity contribution in [3.63, 3.8) is 0 Å². The third-order valence-electron chi connectivity index (χ3n) is 2.30. The molecular weight excluding hydrogens is 188 g/mol. The number of benzene rings is 1. The first kappa shape index (κ1) is 14.0. The molecule has 0 aliphatic carbocycles. The van der Waals surface area contributed by atoms with Crippen LogP contribution in [0.1, 0.15) is 32.8 Å². The molecule has 1 unspecified atom stereocenters. The lowest BCUT2D eigenvalue weighted by Gasteiger charge is -2.10. The molecule has 0 amide bonds. The van der Waals surface area contributed by atoms with E-state index in [0.29, 0.717) is 11.7 Å². The molecule has 2 N–H and O–H groups in total. The third kappa shape index (κ3) is 5.43. The lowest BCUT2D eigenvalue weighted by molar-refractivity contribution is 0.222. The summed E-state index contributed by atoms with van der Waals surface area (Å²) in [6.07, 6.45) is 1.87. The van der Waals surface area contributed by atoms with E-state index in [2.05, 4.69) is 6.92 Å². The van der Waals surface area contributed by atoms with Crippen LogP contribution in [0, 0.1) is 5.92 Å². The summed E-state index contributed by atoms with van der Waals surface area (Å²) in [4.78, 5) is 0. The molecular formula is C13H22O2. The molecule has 0 aromatic heterocycles. The number of hydrogen-bond acceptors (Lipinski definition) is 2. The number of aliphatic hydroxyl groups excluding tert-OH is 1. The highest BCUT2D eigenvalue weighted by Gasteiger charge is 2.05. The van der Waals surface area contributed by atoms with Crippen molar-refractivity contribution >= 4 is 0 Å². The molecule has 0 heterocycles. The smallest absolute Gasteiger partial charge is 0.115 e. The van der Waals surface area contributed by atoms with E-state index >= 15 is 0 Å². The van der Waals surface area contributed by atoms with E-state index in [4.69, 9.17) is 10.2 Å². The van der Waals surface area contributed by atoms with E-state index in [0.717, 1.165) is 12.8 Å². The van der Waals surface area contributed by atoms with Crippen molar-refractivity contribution in [1.29, 1.82) is 0 Å². The van der Waals surface area contributed by atoms with Gasteiger partial charge in [-0.25, -0.2) is 0 Å². The van der Waals surface area contributed by atoms with Crippen LogP contribution in [0.25, 0.3) is 0 Å². The number of phenols is 1. The molecule has 0 fully saturated rings. The first-order valence-electron chi connectivity index (χ1n) is 5.65. The van der Waals surface area contributed by atoms with Gasteiger partial charge >= 0.3 is 0 Å². The first-order chi connectivity index (χ1) is 7.26. The topological polar surface area (TPSA) is 40.5 Å². The maximum absolute atomic E-state index is 9.06. The molecule has 0 spiro atoms. The minimum absolute atomic E-state index is 0.234. The molecule has 2 heteroatoms. The second-order valence-corrected chi connectivity index (χ2v) is 3.33. The number of rotatable bonds is 4. The second kappa shape index (κ2) is 8.30. The maximum Gasteiger partial charge on any atom is 0.115 e. The lowest BCUT2D eigenvalue weighted by Crippen LogP contribution is -2.07. The fourth-order valence-corrected chi connectivity index (χ4v) is 1.30. The lowest BCUT2D eigenvalue weighted by atomic mass is 9.98. The van der Waals surface area contributed by atoms with Gasteiger partial charge in [0.15, 0.2) is 0 Å². The van der Waals surface area contributed by atoms with E-state index in [1.54, 1.807) is 12.1 Å². The van der Waals surface area contributed by atoms with Crippen LogP contribution in [-0.2, 0) is 6.42 Å². The van der Waals surface area contributed by atoms with Crippen LogP contribution in [0.2, 0.25) is 0 Å². The molecule has 0 saturated heterocycles. The Bertz CT molecular complexity index is 237. The summed E-state index contributed by atoms with van der Waals surface area (Å²) >= 11 is 0. The maximum atomic E-state index is 9.06. The quantitative estimate of drug-likeness (QED) is 0.802. The normalized spacial score (nSPS) is 11.5. The van der Waals surface area contributed by atoms with E-state index in [1.165, 1.54) is 5.56 Å². The minimum atomic E-state index is 0.234. The standard InChI is InChI=1S/C11H16O2.C2H6/c1-2-9(8-12)7-10-3-5-11(13)6-4-10;1-2/h3-6,9,12-13H,2,7-8H2,1H3;1-2H3. The summed E-state index contributed by atoms with van der Waals surface area (Å²) in [5.74, 6) is 0.630. The summed E-state index contributed by atoms with van der Waals surface area (Å²) in [6, 6.07) is 7.15. The summed E-state index contributed by atoms with van der Waals surface area (Å²) in [5, 5.41) is 18.0. The molecule has 1 aromatic rings. The molecule has 0 radical (unpaired) electrons. The molecule has 1 rings (SSSR count). The Morgan fingerprint density at radius 2 is 1.67 bits per heavy atom.